The van der Waals surface area contributed by atoms with Crippen LogP contribution in [0.15, 0.2) is 24.3 Å². The van der Waals surface area contributed by atoms with E-state index in [2.05, 4.69) is 28.6 Å². The number of para-hydroxylation sites is 1. The number of likely N-dealkylation sites (N-methyl/N-ethyl adjacent to an activating group) is 1. The number of nitrogens with zero attached hydrogens (tertiary/aromatic N) is 3. The van der Waals surface area contributed by atoms with E-state index in [0.717, 1.165) is 24.0 Å². The lowest BCUT2D eigenvalue weighted by molar-refractivity contribution is 0.426. The van der Waals surface area contributed by atoms with Gasteiger partial charge in [-0.05, 0) is 25.6 Å². The average Bonchev–Trinajstić information content (AvgIpc) is 2.70. The summed E-state index contributed by atoms with van der Waals surface area (Å²) < 4.78 is 2.01. The first-order valence-electron chi connectivity index (χ1n) is 5.31. The van der Waals surface area contributed by atoms with Crippen molar-refractivity contribution in [2.24, 2.45) is 0 Å². The quantitative estimate of drug-likeness (QED) is 0.822. The van der Waals surface area contributed by atoms with Crippen LogP contribution in [-0.4, -0.2) is 28.6 Å². The van der Waals surface area contributed by atoms with Crippen LogP contribution in [0.2, 0.25) is 0 Å². The summed E-state index contributed by atoms with van der Waals surface area (Å²) in [6.07, 6.45) is 1.05. The maximum atomic E-state index is 4.21. The third-order valence-corrected chi connectivity index (χ3v) is 2.63. The van der Waals surface area contributed by atoms with E-state index < -0.39 is 0 Å². The van der Waals surface area contributed by atoms with E-state index in [4.69, 9.17) is 0 Å². The Labute approximate surface area is 89.3 Å². The van der Waals surface area contributed by atoms with Crippen molar-refractivity contribution >= 4 is 11.0 Å². The highest BCUT2D eigenvalue weighted by Crippen LogP contribution is 2.16. The van der Waals surface area contributed by atoms with Crippen LogP contribution in [0.5, 0.6) is 0 Å². The zero-order chi connectivity index (χ0) is 10.7. The minimum atomic E-state index is 0.377. The zero-order valence-electron chi connectivity index (χ0n) is 9.14. The van der Waals surface area contributed by atoms with E-state index in [0.29, 0.717) is 6.04 Å². The Morgan fingerprint density at radius 3 is 2.93 bits per heavy atom. The number of rotatable bonds is 4. The van der Waals surface area contributed by atoms with Gasteiger partial charge in [-0.1, -0.05) is 24.3 Å². The summed E-state index contributed by atoms with van der Waals surface area (Å²) in [6, 6.07) is 8.44. The second-order valence-corrected chi connectivity index (χ2v) is 3.64. The molecule has 1 heterocycles. The fourth-order valence-electron chi connectivity index (χ4n) is 1.80. The normalized spacial score (nSPS) is 13.2. The third-order valence-electron chi connectivity index (χ3n) is 2.63. The molecule has 0 bridgehead atoms. The molecule has 1 aromatic heterocycles. The number of benzene rings is 1. The highest BCUT2D eigenvalue weighted by atomic mass is 15.4. The molecule has 0 aliphatic heterocycles. The van der Waals surface area contributed by atoms with Gasteiger partial charge in [-0.2, -0.15) is 0 Å². The number of fused-ring (bicyclic) bond motifs is 1. The minimum absolute atomic E-state index is 0.377. The first-order valence-corrected chi connectivity index (χ1v) is 5.31. The molecule has 80 valence electrons. The van der Waals surface area contributed by atoms with Gasteiger partial charge in [0.15, 0.2) is 0 Å². The molecule has 1 N–H and O–H groups in total. The summed E-state index contributed by atoms with van der Waals surface area (Å²) in [5.74, 6) is 0. The highest BCUT2D eigenvalue weighted by Gasteiger charge is 2.12. The van der Waals surface area contributed by atoms with Gasteiger partial charge < -0.3 is 5.32 Å². The Hall–Kier alpha value is -1.42. The Morgan fingerprint density at radius 1 is 1.40 bits per heavy atom. The standard InChI is InChI=1S/C11H16N4/c1-3-9(8-12-2)15-11-7-5-4-6-10(11)13-14-15/h4-7,9,12H,3,8H2,1-2H3/t9-/m1/s1. The second-order valence-electron chi connectivity index (χ2n) is 3.64. The highest BCUT2D eigenvalue weighted by molar-refractivity contribution is 5.73. The molecule has 1 atom stereocenters. The molecule has 0 spiro atoms. The van der Waals surface area contributed by atoms with Crippen molar-refractivity contribution in [2.45, 2.75) is 19.4 Å². The largest absolute Gasteiger partial charge is 0.318 e. The van der Waals surface area contributed by atoms with Crippen LogP contribution in [0, 0.1) is 0 Å². The molecular formula is C11H16N4. The van der Waals surface area contributed by atoms with Gasteiger partial charge in [0.2, 0.25) is 0 Å². The van der Waals surface area contributed by atoms with E-state index in [9.17, 15) is 0 Å². The Morgan fingerprint density at radius 2 is 2.20 bits per heavy atom. The number of hydrogen-bond donors (Lipinski definition) is 1. The number of aromatic nitrogens is 3. The summed E-state index contributed by atoms with van der Waals surface area (Å²) in [6.45, 7) is 3.09. The van der Waals surface area contributed by atoms with Gasteiger partial charge in [0.25, 0.3) is 0 Å². The van der Waals surface area contributed by atoms with Crippen molar-refractivity contribution in [3.63, 3.8) is 0 Å². The van der Waals surface area contributed by atoms with Crippen molar-refractivity contribution in [3.05, 3.63) is 24.3 Å². The SMILES string of the molecule is CC[C@H](CNC)n1nnc2ccccc21. The molecule has 1 aromatic carbocycles. The monoisotopic (exact) mass is 204 g/mol. The van der Waals surface area contributed by atoms with Gasteiger partial charge in [-0.3, -0.25) is 0 Å². The maximum absolute atomic E-state index is 4.21. The number of hydrogen-bond acceptors (Lipinski definition) is 3. The first-order chi connectivity index (χ1) is 7.36. The van der Waals surface area contributed by atoms with Crippen LogP contribution in [0.4, 0.5) is 0 Å². The molecule has 0 aliphatic carbocycles. The van der Waals surface area contributed by atoms with E-state index in [1.807, 2.05) is 29.9 Å². The predicted molar refractivity (Wildman–Crippen MR) is 60.8 cm³/mol. The lowest BCUT2D eigenvalue weighted by Crippen LogP contribution is -2.22. The fraction of sp³-hybridized carbons (Fsp3) is 0.455. The van der Waals surface area contributed by atoms with E-state index in [1.165, 1.54) is 0 Å². The maximum Gasteiger partial charge on any atom is 0.113 e. The van der Waals surface area contributed by atoms with Crippen molar-refractivity contribution in [1.82, 2.24) is 20.3 Å². The number of nitrogens with one attached hydrogen (secondary N) is 1. The molecule has 0 fully saturated rings. The third kappa shape index (κ3) is 1.85. The summed E-state index contributed by atoms with van der Waals surface area (Å²) >= 11 is 0. The molecule has 0 unspecified atom stereocenters. The van der Waals surface area contributed by atoms with Crippen LogP contribution in [0.25, 0.3) is 11.0 Å². The molecule has 0 saturated carbocycles. The molecule has 0 aliphatic rings. The van der Waals surface area contributed by atoms with Crippen LogP contribution in [0.3, 0.4) is 0 Å². The Kier molecular flexibility index (Phi) is 2.97. The van der Waals surface area contributed by atoms with Crippen molar-refractivity contribution in [1.29, 1.82) is 0 Å². The van der Waals surface area contributed by atoms with Gasteiger partial charge in [-0.15, -0.1) is 5.10 Å². The molecule has 4 heteroatoms. The van der Waals surface area contributed by atoms with Gasteiger partial charge >= 0.3 is 0 Å². The smallest absolute Gasteiger partial charge is 0.113 e. The summed E-state index contributed by atoms with van der Waals surface area (Å²) in [7, 11) is 1.96. The van der Waals surface area contributed by atoms with E-state index in [-0.39, 0.29) is 0 Å². The lowest BCUT2D eigenvalue weighted by Gasteiger charge is -2.14. The summed E-state index contributed by atoms with van der Waals surface area (Å²) in [4.78, 5) is 0. The van der Waals surface area contributed by atoms with Gasteiger partial charge in [0, 0.05) is 6.54 Å². The summed E-state index contributed by atoms with van der Waals surface area (Å²) in [5, 5.41) is 11.5. The van der Waals surface area contributed by atoms with E-state index >= 15 is 0 Å². The van der Waals surface area contributed by atoms with Crippen LogP contribution in [-0.2, 0) is 0 Å². The van der Waals surface area contributed by atoms with E-state index in [1.54, 1.807) is 0 Å². The van der Waals surface area contributed by atoms with Gasteiger partial charge in [0.1, 0.15) is 5.52 Å². The van der Waals surface area contributed by atoms with Crippen LogP contribution < -0.4 is 5.32 Å². The predicted octanol–water partition coefficient (Wildman–Crippen LogP) is 1.60. The molecule has 0 amide bonds. The Balaban J connectivity index is 2.41. The molecule has 0 saturated heterocycles. The van der Waals surface area contributed by atoms with Crippen molar-refractivity contribution in [3.8, 4) is 0 Å². The first kappa shape index (κ1) is 10.1. The van der Waals surface area contributed by atoms with Gasteiger partial charge in [-0.25, -0.2) is 4.68 Å². The van der Waals surface area contributed by atoms with Crippen LogP contribution >= 0.6 is 0 Å². The second kappa shape index (κ2) is 4.40. The molecule has 2 aromatic rings. The van der Waals surface area contributed by atoms with Gasteiger partial charge in [0.05, 0.1) is 11.6 Å². The molecule has 4 nitrogen and oxygen atoms in total. The molecule has 2 rings (SSSR count). The molecule has 15 heavy (non-hydrogen) atoms. The van der Waals surface area contributed by atoms with Crippen molar-refractivity contribution in [2.75, 3.05) is 13.6 Å². The minimum Gasteiger partial charge on any atom is -0.318 e. The molecular weight excluding hydrogens is 188 g/mol. The van der Waals surface area contributed by atoms with Crippen molar-refractivity contribution < 1.29 is 0 Å². The summed E-state index contributed by atoms with van der Waals surface area (Å²) in [5.41, 5.74) is 2.08. The van der Waals surface area contributed by atoms with Crippen LogP contribution in [0.1, 0.15) is 19.4 Å². The lowest BCUT2D eigenvalue weighted by atomic mass is 10.2. The average molecular weight is 204 g/mol. The Bertz CT molecular complexity index is 435. The fourth-order valence-corrected chi connectivity index (χ4v) is 1.80. The zero-order valence-corrected chi connectivity index (χ0v) is 9.14. The topological polar surface area (TPSA) is 42.7 Å². The molecule has 0 radical (unpaired) electrons.